The zero-order valence-corrected chi connectivity index (χ0v) is 20.3. The predicted molar refractivity (Wildman–Crippen MR) is 125 cm³/mol. The molecule has 0 spiro atoms. The van der Waals surface area contributed by atoms with Gasteiger partial charge in [-0.15, -0.1) is 0 Å². The lowest BCUT2D eigenvalue weighted by molar-refractivity contribution is 0.311. The highest BCUT2D eigenvalue weighted by Crippen LogP contribution is 2.40. The first-order chi connectivity index (χ1) is 13.5. The molecule has 0 fully saturated rings. The Morgan fingerprint density at radius 2 is 1.83 bits per heavy atom. The van der Waals surface area contributed by atoms with Gasteiger partial charge < -0.3 is 13.9 Å². The highest BCUT2D eigenvalue weighted by molar-refractivity contribution is 6.74. The number of halogens is 1. The van der Waals surface area contributed by atoms with E-state index < -0.39 is 8.32 Å². The van der Waals surface area contributed by atoms with E-state index in [1.165, 1.54) is 0 Å². The number of rotatable bonds is 8. The molecule has 0 atom stereocenters. The summed E-state index contributed by atoms with van der Waals surface area (Å²) in [5, 5.41) is 0.655. The lowest BCUT2D eigenvalue weighted by Gasteiger charge is -2.36. The summed E-state index contributed by atoms with van der Waals surface area (Å²) in [4.78, 5) is 4.40. The fraction of sp³-hybridized carbons (Fsp3) is 0.435. The van der Waals surface area contributed by atoms with Gasteiger partial charge in [-0.2, -0.15) is 0 Å². The van der Waals surface area contributed by atoms with Gasteiger partial charge >= 0.3 is 0 Å². The van der Waals surface area contributed by atoms with Crippen LogP contribution in [0.5, 0.6) is 11.5 Å². The van der Waals surface area contributed by atoms with E-state index in [2.05, 4.69) is 51.5 Å². The second-order valence-corrected chi connectivity index (χ2v) is 13.8. The fourth-order valence-corrected chi connectivity index (χ4v) is 3.81. The third-order valence-electron chi connectivity index (χ3n) is 5.41. The molecule has 2 aromatic rings. The van der Waals surface area contributed by atoms with E-state index in [9.17, 15) is 0 Å². The van der Waals surface area contributed by atoms with Crippen molar-refractivity contribution in [2.45, 2.75) is 45.8 Å². The van der Waals surface area contributed by atoms with Crippen LogP contribution in [0.2, 0.25) is 23.2 Å². The van der Waals surface area contributed by atoms with Crippen LogP contribution in [0.1, 0.15) is 33.3 Å². The molecule has 29 heavy (non-hydrogen) atoms. The third-order valence-corrected chi connectivity index (χ3v) is 10.2. The lowest BCUT2D eigenvalue weighted by atomic mass is 10.0. The van der Waals surface area contributed by atoms with Gasteiger partial charge in [-0.05, 0) is 60.0 Å². The molecule has 0 amide bonds. The number of nitrogens with zero attached hydrogens (tertiary/aromatic N) is 1. The average Bonchev–Trinajstić information content (AvgIpc) is 2.65. The van der Waals surface area contributed by atoms with Gasteiger partial charge in [-0.25, -0.2) is 0 Å². The van der Waals surface area contributed by atoms with Crippen molar-refractivity contribution in [1.29, 1.82) is 0 Å². The average molecular weight is 434 g/mol. The molecule has 4 nitrogen and oxygen atoms in total. The number of methoxy groups -OCH3 is 1. The van der Waals surface area contributed by atoms with Gasteiger partial charge in [0.15, 0.2) is 19.8 Å². The van der Waals surface area contributed by atoms with E-state index in [1.807, 2.05) is 25.3 Å². The van der Waals surface area contributed by atoms with Crippen molar-refractivity contribution >= 4 is 25.5 Å². The van der Waals surface area contributed by atoms with Crippen LogP contribution in [0, 0.1) is 0 Å². The molecule has 0 saturated heterocycles. The standard InChI is InChI=1S/C23H32ClNO3Si/c1-9-27-21-12-17(11-20(24)22(21)26-6)19-10-18(13-25-14-19)16(2)15-28-29(7,8)23(3,4)5/h10-14H,2,9,15H2,1,3-8H3. The first-order valence-corrected chi connectivity index (χ1v) is 13.1. The van der Waals surface area contributed by atoms with Crippen molar-refractivity contribution in [1.82, 2.24) is 4.98 Å². The van der Waals surface area contributed by atoms with Gasteiger partial charge in [0.05, 0.1) is 25.3 Å². The molecule has 1 aromatic heterocycles. The van der Waals surface area contributed by atoms with Crippen LogP contribution in [-0.4, -0.2) is 33.6 Å². The van der Waals surface area contributed by atoms with Gasteiger partial charge in [-0.3, -0.25) is 4.98 Å². The van der Waals surface area contributed by atoms with Crippen molar-refractivity contribution in [2.75, 3.05) is 20.3 Å². The number of hydrogen-bond donors (Lipinski definition) is 0. The first-order valence-electron chi connectivity index (χ1n) is 9.78. The highest BCUT2D eigenvalue weighted by atomic mass is 35.5. The topological polar surface area (TPSA) is 40.6 Å². The highest BCUT2D eigenvalue weighted by Gasteiger charge is 2.37. The fourth-order valence-electron chi connectivity index (χ4n) is 2.55. The quantitative estimate of drug-likeness (QED) is 0.427. The molecular weight excluding hydrogens is 402 g/mol. The van der Waals surface area contributed by atoms with E-state index in [0.29, 0.717) is 29.7 Å². The maximum absolute atomic E-state index is 6.41. The maximum atomic E-state index is 6.41. The van der Waals surface area contributed by atoms with E-state index in [4.69, 9.17) is 25.5 Å². The van der Waals surface area contributed by atoms with E-state index >= 15 is 0 Å². The Bertz CT molecular complexity index is 875. The maximum Gasteiger partial charge on any atom is 0.192 e. The zero-order valence-electron chi connectivity index (χ0n) is 18.6. The van der Waals surface area contributed by atoms with Crippen LogP contribution in [0.3, 0.4) is 0 Å². The molecule has 0 radical (unpaired) electrons. The van der Waals surface area contributed by atoms with E-state index in [0.717, 1.165) is 22.3 Å². The van der Waals surface area contributed by atoms with Crippen LogP contribution in [0.25, 0.3) is 16.7 Å². The molecule has 6 heteroatoms. The summed E-state index contributed by atoms with van der Waals surface area (Å²) in [6.07, 6.45) is 3.62. The number of ether oxygens (including phenoxy) is 2. The molecule has 2 rings (SSSR count). The molecule has 0 N–H and O–H groups in total. The van der Waals surface area contributed by atoms with Crippen molar-refractivity contribution in [3.8, 4) is 22.6 Å². The second kappa shape index (κ2) is 9.33. The molecule has 0 saturated carbocycles. The van der Waals surface area contributed by atoms with E-state index in [-0.39, 0.29) is 5.04 Å². The van der Waals surface area contributed by atoms with Crippen LogP contribution < -0.4 is 9.47 Å². The number of benzene rings is 1. The molecule has 0 aliphatic heterocycles. The molecule has 1 heterocycles. The largest absolute Gasteiger partial charge is 0.491 e. The number of aromatic nitrogens is 1. The smallest absolute Gasteiger partial charge is 0.192 e. The van der Waals surface area contributed by atoms with E-state index in [1.54, 1.807) is 13.3 Å². The van der Waals surface area contributed by atoms with Crippen molar-refractivity contribution < 1.29 is 13.9 Å². The third kappa shape index (κ3) is 5.62. The van der Waals surface area contributed by atoms with Gasteiger partial charge in [0.1, 0.15) is 0 Å². The molecular formula is C23H32ClNO3Si. The van der Waals surface area contributed by atoms with Crippen molar-refractivity contribution in [3.05, 3.63) is 47.8 Å². The Kier molecular flexibility index (Phi) is 7.54. The Labute approximate surface area is 181 Å². The number of pyridine rings is 1. The zero-order chi connectivity index (χ0) is 21.8. The Hall–Kier alpha value is -1.82. The summed E-state index contributed by atoms with van der Waals surface area (Å²) in [6, 6.07) is 5.83. The van der Waals surface area contributed by atoms with Gasteiger partial charge in [0.2, 0.25) is 0 Å². The summed E-state index contributed by atoms with van der Waals surface area (Å²) in [5.74, 6) is 1.15. The summed E-state index contributed by atoms with van der Waals surface area (Å²) >= 11 is 6.41. The first kappa shape index (κ1) is 23.5. The van der Waals surface area contributed by atoms with Gasteiger partial charge in [0, 0.05) is 18.0 Å². The monoisotopic (exact) mass is 433 g/mol. The van der Waals surface area contributed by atoms with Crippen molar-refractivity contribution in [2.24, 2.45) is 0 Å². The minimum Gasteiger partial charge on any atom is -0.491 e. The molecule has 0 bridgehead atoms. The van der Waals surface area contributed by atoms with Gasteiger partial charge in [-0.1, -0.05) is 39.0 Å². The Morgan fingerprint density at radius 1 is 1.14 bits per heavy atom. The summed E-state index contributed by atoms with van der Waals surface area (Å²) in [7, 11) is -0.261. The molecule has 0 unspecified atom stereocenters. The summed E-state index contributed by atoms with van der Waals surface area (Å²) in [5.41, 5.74) is 3.70. The normalized spacial score (nSPS) is 12.0. The SMILES string of the molecule is C=C(CO[Si](C)(C)C(C)(C)C)c1cncc(-c2cc(Cl)c(OC)c(OCC)c2)c1. The molecule has 0 aliphatic carbocycles. The van der Waals surface area contributed by atoms with Crippen LogP contribution in [0.15, 0.2) is 37.2 Å². The summed E-state index contributed by atoms with van der Waals surface area (Å²) < 4.78 is 17.4. The Balaban J connectivity index is 2.29. The van der Waals surface area contributed by atoms with Gasteiger partial charge in [0.25, 0.3) is 0 Å². The lowest BCUT2D eigenvalue weighted by Crippen LogP contribution is -2.41. The minimum absolute atomic E-state index is 0.156. The molecule has 1 aromatic carbocycles. The predicted octanol–water partition coefficient (Wildman–Crippen LogP) is 6.84. The second-order valence-electron chi connectivity index (χ2n) is 8.54. The van der Waals surface area contributed by atoms with Crippen LogP contribution in [0.4, 0.5) is 0 Å². The molecule has 158 valence electrons. The van der Waals surface area contributed by atoms with Crippen LogP contribution >= 0.6 is 11.6 Å². The summed E-state index contributed by atoms with van der Waals surface area (Å²) in [6.45, 7) is 18.3. The van der Waals surface area contributed by atoms with Crippen molar-refractivity contribution in [3.63, 3.8) is 0 Å². The minimum atomic E-state index is -1.84. The Morgan fingerprint density at radius 3 is 2.41 bits per heavy atom. The number of hydrogen-bond acceptors (Lipinski definition) is 4. The molecule has 0 aliphatic rings. The van der Waals surface area contributed by atoms with Crippen LogP contribution in [-0.2, 0) is 4.43 Å².